The minimum Gasteiger partial charge on any atom is -0.493 e. The van der Waals surface area contributed by atoms with Gasteiger partial charge in [0.15, 0.2) is 11.5 Å². The first-order chi connectivity index (χ1) is 15.0. The largest absolute Gasteiger partial charge is 0.493 e. The van der Waals surface area contributed by atoms with Crippen LogP contribution in [0.1, 0.15) is 12.8 Å². The molecule has 1 saturated heterocycles. The lowest BCUT2D eigenvalue weighted by Gasteiger charge is -2.32. The average molecular weight is 430 g/mol. The minimum absolute atomic E-state index is 0.208. The van der Waals surface area contributed by atoms with E-state index >= 15 is 0 Å². The van der Waals surface area contributed by atoms with Crippen LogP contribution in [0.3, 0.4) is 0 Å². The Morgan fingerprint density at radius 1 is 1.03 bits per heavy atom. The third kappa shape index (κ3) is 6.00. The van der Waals surface area contributed by atoms with Gasteiger partial charge in [-0.2, -0.15) is 0 Å². The van der Waals surface area contributed by atoms with Crippen molar-refractivity contribution < 1.29 is 23.5 Å². The van der Waals surface area contributed by atoms with Crippen molar-refractivity contribution in [1.29, 1.82) is 0 Å². The molecule has 0 saturated carbocycles. The van der Waals surface area contributed by atoms with Gasteiger partial charge in [-0.1, -0.05) is 6.07 Å². The van der Waals surface area contributed by atoms with E-state index < -0.39 is 0 Å². The molecule has 1 aliphatic heterocycles. The van der Waals surface area contributed by atoms with Crippen LogP contribution in [0, 0.1) is 11.7 Å². The van der Waals surface area contributed by atoms with Crippen LogP contribution < -0.4 is 25.4 Å². The molecule has 0 spiro atoms. The molecule has 2 aromatic carbocycles. The number of anilines is 2. The summed E-state index contributed by atoms with van der Waals surface area (Å²) in [6.45, 7) is 1.68. The van der Waals surface area contributed by atoms with E-state index in [1.54, 1.807) is 23.1 Å². The van der Waals surface area contributed by atoms with E-state index in [1.165, 1.54) is 38.5 Å². The summed E-state index contributed by atoms with van der Waals surface area (Å²) >= 11 is 0. The zero-order chi connectivity index (χ0) is 22.2. The minimum atomic E-state index is -0.347. The van der Waals surface area contributed by atoms with Crippen molar-refractivity contribution in [3.8, 4) is 11.5 Å². The van der Waals surface area contributed by atoms with Gasteiger partial charge in [0, 0.05) is 25.3 Å². The van der Waals surface area contributed by atoms with E-state index in [0.29, 0.717) is 42.5 Å². The van der Waals surface area contributed by atoms with Crippen LogP contribution in [0.15, 0.2) is 42.5 Å². The molecule has 0 aromatic heterocycles. The van der Waals surface area contributed by atoms with Crippen LogP contribution in [0.4, 0.5) is 25.4 Å². The number of para-hydroxylation sites is 1. The highest BCUT2D eigenvalue weighted by Gasteiger charge is 2.23. The monoisotopic (exact) mass is 430 g/mol. The van der Waals surface area contributed by atoms with Crippen molar-refractivity contribution in [2.24, 2.45) is 5.92 Å². The number of piperidine rings is 1. The second-order valence-corrected chi connectivity index (χ2v) is 7.24. The number of nitrogens with one attached hydrogen (secondary N) is 3. The van der Waals surface area contributed by atoms with Crippen LogP contribution >= 0.6 is 0 Å². The van der Waals surface area contributed by atoms with Crippen LogP contribution in [-0.2, 0) is 0 Å². The van der Waals surface area contributed by atoms with Crippen molar-refractivity contribution in [3.63, 3.8) is 0 Å². The Morgan fingerprint density at radius 2 is 1.74 bits per heavy atom. The first kappa shape index (κ1) is 22.2. The number of amides is 4. The lowest BCUT2D eigenvalue weighted by molar-refractivity contribution is 0.181. The molecule has 0 radical (unpaired) electrons. The number of benzene rings is 2. The topological polar surface area (TPSA) is 91.9 Å². The fourth-order valence-corrected chi connectivity index (χ4v) is 3.47. The molecule has 8 nitrogen and oxygen atoms in total. The maximum atomic E-state index is 13.0. The fourth-order valence-electron chi connectivity index (χ4n) is 3.47. The zero-order valence-corrected chi connectivity index (χ0v) is 17.6. The predicted octanol–water partition coefficient (Wildman–Crippen LogP) is 3.91. The van der Waals surface area contributed by atoms with Gasteiger partial charge < -0.3 is 30.3 Å². The number of hydrogen-bond acceptors (Lipinski definition) is 4. The number of halogens is 1. The Labute approximate surface area is 180 Å². The second-order valence-electron chi connectivity index (χ2n) is 7.24. The predicted molar refractivity (Wildman–Crippen MR) is 116 cm³/mol. The molecular formula is C22H27FN4O4. The number of carbonyl (C=O) groups is 2. The smallest absolute Gasteiger partial charge is 0.321 e. The summed E-state index contributed by atoms with van der Waals surface area (Å²) in [6.07, 6.45) is 1.55. The van der Waals surface area contributed by atoms with E-state index in [4.69, 9.17) is 9.47 Å². The fraction of sp³-hybridized carbons (Fsp3) is 0.364. The molecule has 0 aliphatic carbocycles. The SMILES string of the molecule is COc1cccc(NC(=O)NCC2CCN(C(=O)Nc3ccc(F)cc3)CC2)c1OC. The molecular weight excluding hydrogens is 403 g/mol. The lowest BCUT2D eigenvalue weighted by atomic mass is 9.97. The molecule has 0 bridgehead atoms. The molecule has 1 fully saturated rings. The van der Waals surface area contributed by atoms with Gasteiger partial charge in [-0.3, -0.25) is 0 Å². The van der Waals surface area contributed by atoms with E-state index in [2.05, 4.69) is 16.0 Å². The molecule has 0 unspecified atom stereocenters. The van der Waals surface area contributed by atoms with Crippen molar-refractivity contribution in [2.45, 2.75) is 12.8 Å². The van der Waals surface area contributed by atoms with Crippen molar-refractivity contribution in [1.82, 2.24) is 10.2 Å². The molecule has 1 aliphatic rings. The normalized spacial score (nSPS) is 14.0. The van der Waals surface area contributed by atoms with Crippen molar-refractivity contribution in [3.05, 3.63) is 48.3 Å². The molecule has 0 atom stereocenters. The summed E-state index contributed by atoms with van der Waals surface area (Å²) in [5.41, 5.74) is 1.08. The summed E-state index contributed by atoms with van der Waals surface area (Å²) in [5, 5.41) is 8.43. The van der Waals surface area contributed by atoms with E-state index in [9.17, 15) is 14.0 Å². The van der Waals surface area contributed by atoms with Gasteiger partial charge in [0.25, 0.3) is 0 Å². The number of likely N-dealkylation sites (tertiary alicyclic amines) is 1. The quantitative estimate of drug-likeness (QED) is 0.648. The second kappa shape index (κ2) is 10.5. The third-order valence-corrected chi connectivity index (χ3v) is 5.20. The molecule has 9 heteroatoms. The zero-order valence-electron chi connectivity index (χ0n) is 17.6. The number of rotatable bonds is 6. The Hall–Kier alpha value is -3.49. The van der Waals surface area contributed by atoms with E-state index in [1.807, 2.05) is 0 Å². The Kier molecular flexibility index (Phi) is 7.53. The maximum Gasteiger partial charge on any atom is 0.321 e. The Bertz CT molecular complexity index is 899. The van der Waals surface area contributed by atoms with Gasteiger partial charge in [0.2, 0.25) is 0 Å². The highest BCUT2D eigenvalue weighted by Crippen LogP contribution is 2.34. The summed E-state index contributed by atoms with van der Waals surface area (Å²) in [7, 11) is 3.05. The lowest BCUT2D eigenvalue weighted by Crippen LogP contribution is -2.43. The number of nitrogens with zero attached hydrogens (tertiary/aromatic N) is 1. The van der Waals surface area contributed by atoms with Crippen LogP contribution in [-0.4, -0.2) is 50.8 Å². The molecule has 1 heterocycles. The maximum absolute atomic E-state index is 13.0. The highest BCUT2D eigenvalue weighted by molar-refractivity contribution is 5.91. The standard InChI is InChI=1S/C22H27FN4O4/c1-30-19-5-3-4-18(20(19)31-2)26-21(28)24-14-15-10-12-27(13-11-15)22(29)25-17-8-6-16(23)7-9-17/h3-9,15H,10-14H2,1-2H3,(H,25,29)(H2,24,26,28). The average Bonchev–Trinajstić information content (AvgIpc) is 2.79. The van der Waals surface area contributed by atoms with Gasteiger partial charge in [-0.15, -0.1) is 0 Å². The van der Waals surface area contributed by atoms with E-state index in [-0.39, 0.29) is 23.8 Å². The summed E-state index contributed by atoms with van der Waals surface area (Å²) < 4.78 is 23.5. The summed E-state index contributed by atoms with van der Waals surface area (Å²) in [5.74, 6) is 0.917. The van der Waals surface area contributed by atoms with Crippen LogP contribution in [0.25, 0.3) is 0 Å². The van der Waals surface area contributed by atoms with Crippen molar-refractivity contribution in [2.75, 3.05) is 44.5 Å². The van der Waals surface area contributed by atoms with Crippen LogP contribution in [0.5, 0.6) is 11.5 Å². The number of ether oxygens (including phenoxy) is 2. The van der Waals surface area contributed by atoms with E-state index in [0.717, 1.165) is 12.8 Å². The number of urea groups is 2. The van der Waals surface area contributed by atoms with Gasteiger partial charge >= 0.3 is 12.1 Å². The molecule has 3 rings (SSSR count). The molecule has 2 aromatic rings. The molecule has 166 valence electrons. The summed E-state index contributed by atoms with van der Waals surface area (Å²) in [6, 6.07) is 10.4. The van der Waals surface area contributed by atoms with Gasteiger partial charge in [-0.05, 0) is 55.2 Å². The van der Waals surface area contributed by atoms with Crippen molar-refractivity contribution >= 4 is 23.4 Å². The first-order valence-electron chi connectivity index (χ1n) is 10.1. The Balaban J connectivity index is 1.42. The molecule has 3 N–H and O–H groups in total. The number of methoxy groups -OCH3 is 2. The van der Waals surface area contributed by atoms with Gasteiger partial charge in [0.1, 0.15) is 5.82 Å². The highest BCUT2D eigenvalue weighted by atomic mass is 19.1. The Morgan fingerprint density at radius 3 is 2.39 bits per heavy atom. The van der Waals surface area contributed by atoms with Gasteiger partial charge in [0.05, 0.1) is 19.9 Å². The molecule has 31 heavy (non-hydrogen) atoms. The number of carbonyl (C=O) groups excluding carboxylic acids is 2. The summed E-state index contributed by atoms with van der Waals surface area (Å²) in [4.78, 5) is 26.4. The first-order valence-corrected chi connectivity index (χ1v) is 10.1. The van der Waals surface area contributed by atoms with Crippen LogP contribution in [0.2, 0.25) is 0 Å². The third-order valence-electron chi connectivity index (χ3n) is 5.20. The molecule has 4 amide bonds. The van der Waals surface area contributed by atoms with Gasteiger partial charge in [-0.25, -0.2) is 14.0 Å². The number of hydrogen-bond donors (Lipinski definition) is 3.